The van der Waals surface area contributed by atoms with Gasteiger partial charge in [-0.1, -0.05) is 18.2 Å². The first-order valence-corrected chi connectivity index (χ1v) is 15.5. The number of hydrogen-bond donors (Lipinski definition) is 4. The van der Waals surface area contributed by atoms with Crippen LogP contribution in [0.15, 0.2) is 42.0 Å². The third-order valence-corrected chi connectivity index (χ3v) is 8.38. The van der Waals surface area contributed by atoms with Gasteiger partial charge in [0.2, 0.25) is 11.8 Å². The van der Waals surface area contributed by atoms with Gasteiger partial charge in [0.25, 0.3) is 0 Å². The van der Waals surface area contributed by atoms with Crippen molar-refractivity contribution in [2.24, 2.45) is 11.8 Å². The van der Waals surface area contributed by atoms with E-state index < -0.39 is 72.8 Å². The van der Waals surface area contributed by atoms with Gasteiger partial charge in [-0.3, -0.25) is 9.59 Å². The number of carbonyl (C=O) groups excluding carboxylic acids is 4. The summed E-state index contributed by atoms with van der Waals surface area (Å²) in [6.45, 7) is -0.849. The maximum absolute atomic E-state index is 13.6. The lowest BCUT2D eigenvalue weighted by atomic mass is 9.91. The van der Waals surface area contributed by atoms with Crippen molar-refractivity contribution in [3.8, 4) is 0 Å². The van der Waals surface area contributed by atoms with E-state index in [0.717, 1.165) is 37.8 Å². The molecule has 2 amide bonds. The third kappa shape index (κ3) is 8.39. The van der Waals surface area contributed by atoms with Crippen molar-refractivity contribution in [3.05, 3.63) is 53.1 Å². The van der Waals surface area contributed by atoms with Crippen molar-refractivity contribution in [1.29, 1.82) is 0 Å². The van der Waals surface area contributed by atoms with E-state index in [2.05, 4.69) is 15.4 Å². The summed E-state index contributed by atoms with van der Waals surface area (Å²) in [6, 6.07) is 4.63. The van der Waals surface area contributed by atoms with E-state index in [-0.39, 0.29) is 48.1 Å². The molecule has 256 valence electrons. The van der Waals surface area contributed by atoms with E-state index in [1.54, 1.807) is 12.1 Å². The Morgan fingerprint density at radius 2 is 1.79 bits per heavy atom. The van der Waals surface area contributed by atoms with Gasteiger partial charge in [0.1, 0.15) is 24.4 Å². The number of aliphatic hydroxyl groups excluding tert-OH is 2. The number of esters is 2. The Bertz CT molecular complexity index is 1410. The summed E-state index contributed by atoms with van der Waals surface area (Å²) in [5, 5.41) is 24.2. The summed E-state index contributed by atoms with van der Waals surface area (Å²) in [4.78, 5) is 51.4. The van der Waals surface area contributed by atoms with Gasteiger partial charge in [-0.05, 0) is 56.4 Å². The zero-order chi connectivity index (χ0) is 33.9. The second-order valence-electron chi connectivity index (χ2n) is 12.1. The number of ether oxygens (including phenoxy) is 4. The maximum Gasteiger partial charge on any atom is 0.422 e. The number of carbonyl (C=O) groups is 4. The molecule has 2 saturated carbocycles. The number of nitrogens with one attached hydrogen (secondary N) is 2. The minimum absolute atomic E-state index is 0.00577. The summed E-state index contributed by atoms with van der Waals surface area (Å²) in [5.74, 6) is -4.08. The molecule has 1 heterocycles. The van der Waals surface area contributed by atoms with Crippen molar-refractivity contribution in [1.82, 2.24) is 10.6 Å². The zero-order valence-electron chi connectivity index (χ0n) is 25.5. The van der Waals surface area contributed by atoms with Crippen LogP contribution in [-0.4, -0.2) is 96.1 Å². The lowest BCUT2D eigenvalue weighted by Gasteiger charge is -2.31. The predicted octanol–water partition coefficient (Wildman–Crippen LogP) is 1.94. The minimum Gasteiger partial charge on any atom is -0.456 e. The van der Waals surface area contributed by atoms with E-state index in [9.17, 15) is 37.5 Å². The van der Waals surface area contributed by atoms with Gasteiger partial charge < -0.3 is 39.8 Å². The van der Waals surface area contributed by atoms with Crippen LogP contribution >= 0.6 is 0 Å². The van der Waals surface area contributed by atoms with Crippen LogP contribution in [0.4, 0.5) is 13.2 Å². The van der Waals surface area contributed by atoms with Crippen molar-refractivity contribution in [2.45, 2.75) is 81.4 Å². The summed E-state index contributed by atoms with van der Waals surface area (Å²) >= 11 is 0. The fourth-order valence-corrected chi connectivity index (χ4v) is 5.89. The lowest BCUT2D eigenvalue weighted by molar-refractivity contribution is -0.209. The summed E-state index contributed by atoms with van der Waals surface area (Å²) in [6.07, 6.45) is -1.55. The molecule has 47 heavy (non-hydrogen) atoms. The second-order valence-corrected chi connectivity index (χ2v) is 12.1. The molecular weight excluding hydrogens is 629 g/mol. The SMILES string of the molecule is C[C@H](O)[C@@H](NC(=O)C1=C[C@H]2OC(C3CC3)(C3CC3)O[C@H]2[C@H](OC(=O)c2ccccc2C=CC(=O)OCC(F)(F)F)C1)C(=O)NCCO. The van der Waals surface area contributed by atoms with E-state index in [1.807, 2.05) is 0 Å². The van der Waals surface area contributed by atoms with Crippen molar-refractivity contribution >= 4 is 29.8 Å². The normalized spacial score (nSPS) is 24.9. The van der Waals surface area contributed by atoms with Crippen molar-refractivity contribution in [3.63, 3.8) is 0 Å². The lowest BCUT2D eigenvalue weighted by Crippen LogP contribution is -2.54. The molecule has 3 fully saturated rings. The highest BCUT2D eigenvalue weighted by atomic mass is 19.4. The number of hydrogen-bond acceptors (Lipinski definition) is 10. The number of alkyl halides is 3. The fraction of sp³-hybridized carbons (Fsp3) is 0.562. The Morgan fingerprint density at radius 1 is 1.11 bits per heavy atom. The molecule has 12 nitrogen and oxygen atoms in total. The standard InChI is InChI=1S/C32H37F3N2O10/c1-17(39)26(29(42)36-12-13-38)37-28(41)19-14-23(27-24(15-19)46-32(47-27,20-7-8-20)21-9-10-21)45-30(43)22-5-3-2-4-18(22)6-11-25(40)44-16-31(33,34)35/h2-6,11,15,17,20-21,23-24,26-27,38-39H,7-10,12-14,16H2,1H3,(H,36,42)(H,37,41)/t17-,23+,24+,26+,27-/m0/s1. The van der Waals surface area contributed by atoms with Crippen LogP contribution in [0.2, 0.25) is 0 Å². The smallest absolute Gasteiger partial charge is 0.422 e. The zero-order valence-corrected chi connectivity index (χ0v) is 25.5. The Balaban J connectivity index is 1.36. The highest BCUT2D eigenvalue weighted by molar-refractivity contribution is 5.98. The Morgan fingerprint density at radius 3 is 2.40 bits per heavy atom. The Labute approximate surface area is 268 Å². The molecule has 1 saturated heterocycles. The molecule has 0 aromatic heterocycles. The van der Waals surface area contributed by atoms with Gasteiger partial charge in [-0.2, -0.15) is 13.2 Å². The highest BCUT2D eigenvalue weighted by Crippen LogP contribution is 2.59. The maximum atomic E-state index is 13.6. The largest absolute Gasteiger partial charge is 0.456 e. The van der Waals surface area contributed by atoms with E-state index in [4.69, 9.17) is 19.3 Å². The average molecular weight is 667 g/mol. The Kier molecular flexibility index (Phi) is 10.4. The summed E-state index contributed by atoms with van der Waals surface area (Å²) < 4.78 is 60.5. The molecule has 0 bridgehead atoms. The molecule has 4 N–H and O–H groups in total. The quantitative estimate of drug-likeness (QED) is 0.180. The highest BCUT2D eigenvalue weighted by Gasteiger charge is 2.64. The van der Waals surface area contributed by atoms with E-state index >= 15 is 0 Å². The number of amides is 2. The number of aliphatic hydroxyl groups is 2. The van der Waals surface area contributed by atoms with Crippen LogP contribution in [0.1, 0.15) is 54.9 Å². The molecule has 0 radical (unpaired) electrons. The molecule has 0 unspecified atom stereocenters. The number of benzene rings is 1. The van der Waals surface area contributed by atoms with Gasteiger partial charge >= 0.3 is 18.1 Å². The minimum atomic E-state index is -4.69. The predicted molar refractivity (Wildman–Crippen MR) is 156 cm³/mol. The molecule has 5 rings (SSSR count). The number of halogens is 3. The molecule has 1 aromatic carbocycles. The van der Waals surface area contributed by atoms with E-state index in [0.29, 0.717) is 0 Å². The number of rotatable bonds is 13. The Hall–Kier alpha value is -3.79. The van der Waals surface area contributed by atoms with Gasteiger partial charge in [-0.25, -0.2) is 9.59 Å². The molecule has 1 aromatic rings. The van der Waals surface area contributed by atoms with Gasteiger partial charge in [0, 0.05) is 36.5 Å². The molecule has 3 aliphatic carbocycles. The van der Waals surface area contributed by atoms with Gasteiger partial charge in [0.15, 0.2) is 12.4 Å². The van der Waals surface area contributed by atoms with Crippen LogP contribution < -0.4 is 10.6 Å². The fourth-order valence-electron chi connectivity index (χ4n) is 5.89. The first-order valence-electron chi connectivity index (χ1n) is 15.5. The third-order valence-electron chi connectivity index (χ3n) is 8.38. The van der Waals surface area contributed by atoms with E-state index in [1.165, 1.54) is 25.1 Å². The van der Waals surface area contributed by atoms with Crippen molar-refractivity contribution in [2.75, 3.05) is 19.8 Å². The first kappa shape index (κ1) is 34.5. The van der Waals surface area contributed by atoms with Crippen molar-refractivity contribution < 1.29 is 61.5 Å². The molecule has 1 aliphatic heterocycles. The van der Waals surface area contributed by atoms with Crippen LogP contribution in [0.25, 0.3) is 6.08 Å². The summed E-state index contributed by atoms with van der Waals surface area (Å²) in [5.41, 5.74) is 0.301. The first-order chi connectivity index (χ1) is 22.3. The van der Waals surface area contributed by atoms with Crippen LogP contribution in [0.5, 0.6) is 0 Å². The molecular formula is C32H37F3N2O10. The average Bonchev–Trinajstić information content (AvgIpc) is 3.97. The van der Waals surface area contributed by atoms with Gasteiger partial charge in [0.05, 0.1) is 18.3 Å². The van der Waals surface area contributed by atoms with Crippen LogP contribution in [-0.2, 0) is 33.3 Å². The summed E-state index contributed by atoms with van der Waals surface area (Å²) in [7, 11) is 0. The number of fused-ring (bicyclic) bond motifs is 1. The molecule has 15 heteroatoms. The van der Waals surface area contributed by atoms with Crippen LogP contribution in [0, 0.1) is 11.8 Å². The van der Waals surface area contributed by atoms with Gasteiger partial charge in [-0.15, -0.1) is 0 Å². The molecule has 4 aliphatic rings. The molecule has 5 atom stereocenters. The van der Waals surface area contributed by atoms with Crippen LogP contribution in [0.3, 0.4) is 0 Å². The topological polar surface area (TPSA) is 170 Å². The monoisotopic (exact) mass is 666 g/mol. The molecule has 0 spiro atoms. The second kappa shape index (κ2) is 14.1.